The smallest absolute Gasteiger partial charge is 0.336 e. The minimum Gasteiger partial charge on any atom is -0.489 e. The first kappa shape index (κ1) is 16.7. The van der Waals surface area contributed by atoms with E-state index in [1.165, 1.54) is 7.11 Å². The molecule has 19 heavy (non-hydrogen) atoms. The summed E-state index contributed by atoms with van der Waals surface area (Å²) in [6.45, 7) is 0.116. The lowest BCUT2D eigenvalue weighted by Gasteiger charge is -2.14. The molecule has 0 aromatic heterocycles. The lowest BCUT2D eigenvalue weighted by Crippen LogP contribution is -2.21. The fraction of sp³-hybridized carbons (Fsp3) is 0.400. The van der Waals surface area contributed by atoms with Gasteiger partial charge in [-0.3, -0.25) is 10.1 Å². The average molecular weight is 465 g/mol. The molecule has 1 atom stereocenters. The second-order valence-corrected chi connectivity index (χ2v) is 5.87. The third kappa shape index (κ3) is 4.07. The maximum absolute atomic E-state index is 11.2. The number of anilines is 1. The minimum absolute atomic E-state index is 0.0467. The van der Waals surface area contributed by atoms with Gasteiger partial charge in [0.05, 0.1) is 28.5 Å². The van der Waals surface area contributed by atoms with E-state index in [1.54, 1.807) is 6.07 Å². The molecule has 0 heterocycles. The quantitative estimate of drug-likeness (QED) is 0.292. The van der Waals surface area contributed by atoms with E-state index >= 15 is 0 Å². The Morgan fingerprint density at radius 3 is 2.84 bits per heavy atom. The highest BCUT2D eigenvalue weighted by atomic mass is 127. The van der Waals surface area contributed by atoms with Gasteiger partial charge in [-0.05, 0) is 44.6 Å². The van der Waals surface area contributed by atoms with Gasteiger partial charge >= 0.3 is 5.69 Å². The van der Waals surface area contributed by atoms with Crippen molar-refractivity contribution in [3.8, 4) is 5.75 Å². The normalized spacial score (nSPS) is 12.1. The fourth-order valence-electron chi connectivity index (χ4n) is 1.40. The first-order chi connectivity index (χ1) is 8.92. The van der Waals surface area contributed by atoms with Crippen molar-refractivity contribution < 1.29 is 14.8 Å². The molecule has 2 N–H and O–H groups in total. The number of rotatable bonds is 6. The lowest BCUT2D eigenvalue weighted by molar-refractivity contribution is -0.385. The zero-order chi connectivity index (χ0) is 14.6. The summed E-state index contributed by atoms with van der Waals surface area (Å²) in [6.07, 6.45) is -0.785. The predicted octanol–water partition coefficient (Wildman–Crippen LogP) is 2.98. The summed E-state index contributed by atoms with van der Waals surface area (Å²) >= 11 is 10.7. The molecule has 9 heteroatoms. The fourth-order valence-corrected chi connectivity index (χ4v) is 3.27. The number of ether oxygens (including phenoxy) is 1. The number of hydrogen-bond acceptors (Lipinski definition) is 5. The summed E-state index contributed by atoms with van der Waals surface area (Å²) < 4.78 is 6.18. The van der Waals surface area contributed by atoms with Gasteiger partial charge in [0.25, 0.3) is 0 Å². The summed E-state index contributed by atoms with van der Waals surface area (Å²) in [7, 11) is 1.36. The van der Waals surface area contributed by atoms with Crippen LogP contribution in [-0.4, -0.2) is 35.7 Å². The Bertz CT molecular complexity index is 489. The van der Waals surface area contributed by atoms with E-state index in [0.29, 0.717) is 13.7 Å². The molecular weight excluding hydrogens is 454 g/mol. The number of nitro groups is 1. The summed E-state index contributed by atoms with van der Waals surface area (Å²) in [5.74, 6) is 0.179. The number of methoxy groups -OCH3 is 1. The standard InChI is InChI=1S/C10H11BrClIN2O4/c1-19-10-6(11)2-7(13)8(9(10)15(17)18)14-4-5(16)3-12/h2,5,14,16H,3-4H2,1H3. The van der Waals surface area contributed by atoms with Crippen molar-refractivity contribution in [2.45, 2.75) is 6.10 Å². The third-order valence-electron chi connectivity index (χ3n) is 2.24. The van der Waals surface area contributed by atoms with Crippen LogP contribution in [0, 0.1) is 13.7 Å². The van der Waals surface area contributed by atoms with Gasteiger partial charge in [0.2, 0.25) is 5.75 Å². The van der Waals surface area contributed by atoms with Gasteiger partial charge in [-0.15, -0.1) is 11.6 Å². The van der Waals surface area contributed by atoms with Crippen LogP contribution in [-0.2, 0) is 0 Å². The third-order valence-corrected chi connectivity index (χ3v) is 4.04. The van der Waals surface area contributed by atoms with E-state index in [-0.39, 0.29) is 23.9 Å². The molecule has 1 aromatic carbocycles. The average Bonchev–Trinajstić information content (AvgIpc) is 2.36. The van der Waals surface area contributed by atoms with Gasteiger partial charge in [-0.2, -0.15) is 0 Å². The molecule has 0 saturated heterocycles. The Labute approximate surface area is 136 Å². The molecular formula is C10H11BrClIN2O4. The minimum atomic E-state index is -0.785. The van der Waals surface area contributed by atoms with E-state index in [1.807, 2.05) is 22.6 Å². The van der Waals surface area contributed by atoms with Crippen molar-refractivity contribution in [3.63, 3.8) is 0 Å². The van der Waals surface area contributed by atoms with Crippen LogP contribution in [0.1, 0.15) is 0 Å². The van der Waals surface area contributed by atoms with Gasteiger partial charge in [-0.25, -0.2) is 0 Å². The molecule has 0 radical (unpaired) electrons. The number of nitrogens with one attached hydrogen (secondary N) is 1. The second kappa shape index (κ2) is 7.46. The number of benzene rings is 1. The number of nitrogens with zero attached hydrogens (tertiary/aromatic N) is 1. The highest BCUT2D eigenvalue weighted by molar-refractivity contribution is 14.1. The van der Waals surface area contributed by atoms with E-state index in [4.69, 9.17) is 16.3 Å². The SMILES string of the molecule is COc1c(Br)cc(I)c(NCC(O)CCl)c1[N+](=O)[O-]. The molecule has 1 unspecified atom stereocenters. The first-order valence-electron chi connectivity index (χ1n) is 5.10. The number of nitro benzene ring substituents is 1. The van der Waals surface area contributed by atoms with E-state index in [0.717, 1.165) is 0 Å². The maximum Gasteiger partial charge on any atom is 0.336 e. The van der Waals surface area contributed by atoms with Crippen LogP contribution in [0.4, 0.5) is 11.4 Å². The van der Waals surface area contributed by atoms with E-state index in [9.17, 15) is 15.2 Å². The Hall–Kier alpha value is -0.320. The highest BCUT2D eigenvalue weighted by Gasteiger charge is 2.26. The van der Waals surface area contributed by atoms with Crippen LogP contribution in [0.3, 0.4) is 0 Å². The number of hydrogen-bond donors (Lipinski definition) is 2. The van der Waals surface area contributed by atoms with Gasteiger partial charge in [0, 0.05) is 10.1 Å². The van der Waals surface area contributed by atoms with Crippen LogP contribution in [0.5, 0.6) is 5.75 Å². The lowest BCUT2D eigenvalue weighted by atomic mass is 10.2. The predicted molar refractivity (Wildman–Crippen MR) is 85.3 cm³/mol. The molecule has 0 spiro atoms. The Morgan fingerprint density at radius 2 is 2.37 bits per heavy atom. The monoisotopic (exact) mass is 464 g/mol. The highest BCUT2D eigenvalue weighted by Crippen LogP contribution is 2.43. The summed E-state index contributed by atoms with van der Waals surface area (Å²) in [6, 6.07) is 1.70. The molecule has 0 bridgehead atoms. The number of halogens is 3. The van der Waals surface area contributed by atoms with Gasteiger partial charge < -0.3 is 15.2 Å². The van der Waals surface area contributed by atoms with Gasteiger partial charge in [0.1, 0.15) is 5.69 Å². The van der Waals surface area contributed by atoms with Crippen LogP contribution >= 0.6 is 50.1 Å². The number of alkyl halides is 1. The molecule has 0 aliphatic carbocycles. The topological polar surface area (TPSA) is 84.6 Å². The molecule has 0 fully saturated rings. The molecule has 1 aromatic rings. The molecule has 0 aliphatic heterocycles. The molecule has 1 rings (SSSR count). The van der Waals surface area contributed by atoms with Crippen molar-refractivity contribution in [1.82, 2.24) is 0 Å². The zero-order valence-corrected chi connectivity index (χ0v) is 14.3. The summed E-state index contributed by atoms with van der Waals surface area (Å²) in [5.41, 5.74) is 0.123. The zero-order valence-electron chi connectivity index (χ0n) is 9.82. The van der Waals surface area contributed by atoms with Gasteiger partial charge in [0.15, 0.2) is 0 Å². The molecule has 106 valence electrons. The Kier molecular flexibility index (Phi) is 6.57. The van der Waals surface area contributed by atoms with Crippen LogP contribution in [0.2, 0.25) is 0 Å². The van der Waals surface area contributed by atoms with Crippen molar-refractivity contribution in [2.75, 3.05) is 24.9 Å². The number of aliphatic hydroxyl groups is 1. The van der Waals surface area contributed by atoms with Crippen LogP contribution < -0.4 is 10.1 Å². The van der Waals surface area contributed by atoms with E-state index in [2.05, 4.69) is 21.2 Å². The largest absolute Gasteiger partial charge is 0.489 e. The Balaban J connectivity index is 3.24. The molecule has 0 amide bonds. The van der Waals surface area contributed by atoms with Crippen molar-refractivity contribution in [3.05, 3.63) is 24.2 Å². The van der Waals surface area contributed by atoms with Crippen LogP contribution in [0.25, 0.3) is 0 Å². The maximum atomic E-state index is 11.2. The first-order valence-corrected chi connectivity index (χ1v) is 7.51. The number of aliphatic hydroxyl groups excluding tert-OH is 1. The van der Waals surface area contributed by atoms with E-state index < -0.39 is 11.0 Å². The molecule has 0 aliphatic rings. The summed E-state index contributed by atoms with van der Waals surface area (Å²) in [5, 5.41) is 23.4. The van der Waals surface area contributed by atoms with Crippen molar-refractivity contribution in [1.29, 1.82) is 0 Å². The molecule has 0 saturated carbocycles. The second-order valence-electron chi connectivity index (χ2n) is 3.54. The molecule has 6 nitrogen and oxygen atoms in total. The Morgan fingerprint density at radius 1 is 1.74 bits per heavy atom. The van der Waals surface area contributed by atoms with Crippen molar-refractivity contribution in [2.24, 2.45) is 0 Å². The summed E-state index contributed by atoms with van der Waals surface area (Å²) in [4.78, 5) is 10.7. The van der Waals surface area contributed by atoms with Gasteiger partial charge in [-0.1, -0.05) is 0 Å². The van der Waals surface area contributed by atoms with Crippen molar-refractivity contribution >= 4 is 61.5 Å². The van der Waals surface area contributed by atoms with Crippen LogP contribution in [0.15, 0.2) is 10.5 Å².